The standard InChI is InChI=1S/C20H14F2N4O2/c1-20-9-8-16(27)25(20)15-7-6-13(22)10-14(15)18-23-19(28)17(24-26(18)20)11-2-4-12(21)5-3-11/h2-7,10H,8-9H2,1H3. The topological polar surface area (TPSA) is 68.1 Å². The molecule has 1 saturated heterocycles. The van der Waals surface area contributed by atoms with Crippen LogP contribution in [0.1, 0.15) is 19.8 Å². The first kappa shape index (κ1) is 16.7. The molecule has 2 aliphatic rings. The molecule has 5 rings (SSSR count). The van der Waals surface area contributed by atoms with Crippen LogP contribution in [-0.4, -0.2) is 20.7 Å². The molecular formula is C20H14F2N4O2. The van der Waals surface area contributed by atoms with Gasteiger partial charge in [-0.1, -0.05) is 0 Å². The Bertz CT molecular complexity index is 1210. The van der Waals surface area contributed by atoms with E-state index in [9.17, 15) is 18.4 Å². The molecule has 0 bridgehead atoms. The number of aromatic nitrogens is 3. The van der Waals surface area contributed by atoms with Crippen molar-refractivity contribution in [3.05, 3.63) is 64.5 Å². The van der Waals surface area contributed by atoms with Gasteiger partial charge in [0, 0.05) is 24.0 Å². The fourth-order valence-electron chi connectivity index (χ4n) is 4.00. The maximum Gasteiger partial charge on any atom is 0.300 e. The Balaban J connectivity index is 1.82. The fraction of sp³-hybridized carbons (Fsp3) is 0.200. The molecule has 140 valence electrons. The number of hydrogen-bond acceptors (Lipinski definition) is 4. The lowest BCUT2D eigenvalue weighted by Crippen LogP contribution is -2.51. The maximum absolute atomic E-state index is 13.9. The summed E-state index contributed by atoms with van der Waals surface area (Å²) in [5, 5.41) is 4.49. The van der Waals surface area contributed by atoms with Gasteiger partial charge in [-0.3, -0.25) is 14.5 Å². The molecule has 8 heteroatoms. The predicted octanol–water partition coefficient (Wildman–Crippen LogP) is 3.06. The first-order valence-corrected chi connectivity index (χ1v) is 8.79. The van der Waals surface area contributed by atoms with Crippen LogP contribution in [0.2, 0.25) is 0 Å². The zero-order valence-corrected chi connectivity index (χ0v) is 14.8. The van der Waals surface area contributed by atoms with Crippen LogP contribution in [0.5, 0.6) is 0 Å². The van der Waals surface area contributed by atoms with E-state index in [4.69, 9.17) is 0 Å². The summed E-state index contributed by atoms with van der Waals surface area (Å²) in [5.41, 5.74) is -0.165. The van der Waals surface area contributed by atoms with Crippen molar-refractivity contribution in [3.8, 4) is 22.6 Å². The van der Waals surface area contributed by atoms with Gasteiger partial charge >= 0.3 is 0 Å². The van der Waals surface area contributed by atoms with Gasteiger partial charge in [0.25, 0.3) is 5.56 Å². The third kappa shape index (κ3) is 2.17. The highest BCUT2D eigenvalue weighted by atomic mass is 19.1. The normalized spacial score (nSPS) is 20.0. The molecule has 0 aliphatic carbocycles. The van der Waals surface area contributed by atoms with E-state index in [-0.39, 0.29) is 17.4 Å². The first-order chi connectivity index (χ1) is 13.4. The summed E-state index contributed by atoms with van der Waals surface area (Å²) < 4.78 is 28.7. The third-order valence-corrected chi connectivity index (χ3v) is 5.37. The summed E-state index contributed by atoms with van der Waals surface area (Å²) in [4.78, 5) is 31.0. The molecule has 3 heterocycles. The van der Waals surface area contributed by atoms with Crippen molar-refractivity contribution in [2.45, 2.75) is 25.4 Å². The highest BCUT2D eigenvalue weighted by Crippen LogP contribution is 2.47. The number of fused-ring (bicyclic) bond motifs is 6. The average molecular weight is 380 g/mol. The number of halogens is 2. The van der Waals surface area contributed by atoms with Crippen molar-refractivity contribution in [2.24, 2.45) is 0 Å². The Morgan fingerprint density at radius 2 is 1.75 bits per heavy atom. The van der Waals surface area contributed by atoms with Crippen molar-refractivity contribution in [3.63, 3.8) is 0 Å². The second-order valence-electron chi connectivity index (χ2n) is 7.12. The summed E-state index contributed by atoms with van der Waals surface area (Å²) in [5.74, 6) is -0.834. The van der Waals surface area contributed by atoms with Crippen LogP contribution >= 0.6 is 0 Å². The van der Waals surface area contributed by atoms with Gasteiger partial charge in [-0.15, -0.1) is 0 Å². The molecule has 3 aromatic rings. The number of rotatable bonds is 1. The fourth-order valence-corrected chi connectivity index (χ4v) is 4.00. The summed E-state index contributed by atoms with van der Waals surface area (Å²) in [7, 11) is 0. The van der Waals surface area contributed by atoms with E-state index in [1.165, 1.54) is 47.1 Å². The van der Waals surface area contributed by atoms with Crippen LogP contribution in [0, 0.1) is 11.6 Å². The van der Waals surface area contributed by atoms with E-state index in [0.717, 1.165) is 0 Å². The van der Waals surface area contributed by atoms with Crippen LogP contribution in [0.15, 0.2) is 47.3 Å². The Morgan fingerprint density at radius 3 is 2.50 bits per heavy atom. The molecule has 2 aliphatic heterocycles. The van der Waals surface area contributed by atoms with E-state index < -0.39 is 22.9 Å². The van der Waals surface area contributed by atoms with Gasteiger partial charge in [0.1, 0.15) is 17.3 Å². The molecule has 0 radical (unpaired) electrons. The highest BCUT2D eigenvalue weighted by Gasteiger charge is 2.50. The molecule has 1 fully saturated rings. The van der Waals surface area contributed by atoms with Gasteiger partial charge in [-0.05, 0) is 49.4 Å². The lowest BCUT2D eigenvalue weighted by molar-refractivity contribution is -0.117. The molecule has 1 atom stereocenters. The SMILES string of the molecule is CC12CCC(=O)N1c1ccc(F)cc1-c1nc(=O)c(-c3ccc(F)cc3)nn12. The summed E-state index contributed by atoms with van der Waals surface area (Å²) in [6, 6.07) is 9.41. The van der Waals surface area contributed by atoms with Crippen molar-refractivity contribution >= 4 is 11.6 Å². The van der Waals surface area contributed by atoms with Gasteiger partial charge in [-0.2, -0.15) is 10.1 Å². The molecule has 1 aromatic heterocycles. The summed E-state index contributed by atoms with van der Waals surface area (Å²) in [6.45, 7) is 1.83. The van der Waals surface area contributed by atoms with Gasteiger partial charge in [0.2, 0.25) is 5.91 Å². The lowest BCUT2D eigenvalue weighted by Gasteiger charge is -2.42. The Kier molecular flexibility index (Phi) is 3.31. The van der Waals surface area contributed by atoms with Gasteiger partial charge in [0.15, 0.2) is 11.5 Å². The van der Waals surface area contributed by atoms with Crippen LogP contribution in [0.25, 0.3) is 22.6 Å². The Labute approximate surface area is 158 Å². The van der Waals surface area contributed by atoms with Gasteiger partial charge in [-0.25, -0.2) is 13.5 Å². The van der Waals surface area contributed by atoms with Crippen molar-refractivity contribution in [1.29, 1.82) is 0 Å². The molecule has 2 aromatic carbocycles. The second-order valence-corrected chi connectivity index (χ2v) is 7.12. The molecule has 1 amide bonds. The Hall–Kier alpha value is -3.42. The molecular weight excluding hydrogens is 366 g/mol. The number of carbonyl (C=O) groups excluding carboxylic acids is 1. The van der Waals surface area contributed by atoms with E-state index in [1.807, 2.05) is 6.92 Å². The van der Waals surface area contributed by atoms with E-state index in [0.29, 0.717) is 29.7 Å². The molecule has 0 spiro atoms. The maximum atomic E-state index is 13.9. The van der Waals surface area contributed by atoms with Crippen LogP contribution < -0.4 is 10.5 Å². The zero-order valence-electron chi connectivity index (χ0n) is 14.8. The molecule has 28 heavy (non-hydrogen) atoms. The number of carbonyl (C=O) groups is 1. The molecule has 0 N–H and O–H groups in total. The van der Waals surface area contributed by atoms with Gasteiger partial charge in [0.05, 0.1) is 5.69 Å². The quantitative estimate of drug-likeness (QED) is 0.651. The smallest absolute Gasteiger partial charge is 0.286 e. The monoisotopic (exact) mass is 380 g/mol. The number of hydrogen-bond donors (Lipinski definition) is 0. The largest absolute Gasteiger partial charge is 0.300 e. The number of nitrogens with zero attached hydrogens (tertiary/aromatic N) is 4. The van der Waals surface area contributed by atoms with E-state index >= 15 is 0 Å². The highest BCUT2D eigenvalue weighted by molar-refractivity contribution is 6.01. The average Bonchev–Trinajstić information content (AvgIpc) is 2.98. The summed E-state index contributed by atoms with van der Waals surface area (Å²) >= 11 is 0. The minimum absolute atomic E-state index is 0.0455. The van der Waals surface area contributed by atoms with E-state index in [2.05, 4.69) is 10.1 Å². The van der Waals surface area contributed by atoms with Crippen LogP contribution in [0.3, 0.4) is 0 Å². The van der Waals surface area contributed by atoms with E-state index in [1.54, 1.807) is 4.90 Å². The second kappa shape index (κ2) is 5.54. The number of amides is 1. The predicted molar refractivity (Wildman–Crippen MR) is 97.4 cm³/mol. The number of anilines is 1. The third-order valence-electron chi connectivity index (χ3n) is 5.37. The van der Waals surface area contributed by atoms with Crippen molar-refractivity contribution in [1.82, 2.24) is 14.8 Å². The minimum Gasteiger partial charge on any atom is -0.286 e. The molecule has 1 unspecified atom stereocenters. The first-order valence-electron chi connectivity index (χ1n) is 8.79. The van der Waals surface area contributed by atoms with Crippen LogP contribution in [-0.2, 0) is 10.5 Å². The Morgan fingerprint density at radius 1 is 1.04 bits per heavy atom. The van der Waals surface area contributed by atoms with Gasteiger partial charge < -0.3 is 0 Å². The van der Waals surface area contributed by atoms with Crippen LogP contribution in [0.4, 0.5) is 14.5 Å². The summed E-state index contributed by atoms with van der Waals surface area (Å²) in [6.07, 6.45) is 0.766. The molecule has 6 nitrogen and oxygen atoms in total. The molecule has 0 saturated carbocycles. The van der Waals surface area contributed by atoms with Crippen molar-refractivity contribution < 1.29 is 13.6 Å². The van der Waals surface area contributed by atoms with Crippen molar-refractivity contribution in [2.75, 3.05) is 4.90 Å². The lowest BCUT2D eigenvalue weighted by atomic mass is 10.0. The zero-order chi connectivity index (χ0) is 19.6. The minimum atomic E-state index is -0.868. The number of benzene rings is 2.